The highest BCUT2D eigenvalue weighted by Gasteiger charge is 2.35. The van der Waals surface area contributed by atoms with E-state index in [4.69, 9.17) is 0 Å². The van der Waals surface area contributed by atoms with Crippen LogP contribution in [0.1, 0.15) is 11.4 Å². The molecule has 3 N–H and O–H groups in total. The van der Waals surface area contributed by atoms with Gasteiger partial charge >= 0.3 is 6.18 Å². The van der Waals surface area contributed by atoms with Crippen LogP contribution in [0.15, 0.2) is 24.3 Å². The van der Waals surface area contributed by atoms with E-state index < -0.39 is 23.9 Å². The number of benzene rings is 1. The number of carbonyl (C=O) groups is 2. The number of amides is 2. The predicted octanol–water partition coefficient (Wildman–Crippen LogP) is 2.44. The summed E-state index contributed by atoms with van der Waals surface area (Å²) in [6.45, 7) is 1.89. The fraction of sp³-hybridized carbons (Fsp3) is 0.286. The molecule has 0 bridgehead atoms. The second-order valence-corrected chi connectivity index (χ2v) is 5.95. The maximum Gasteiger partial charge on any atom is 0.451 e. The van der Waals surface area contributed by atoms with Gasteiger partial charge in [-0.05, 0) is 24.6 Å². The van der Waals surface area contributed by atoms with Gasteiger partial charge in [-0.3, -0.25) is 20.0 Å². The Morgan fingerprint density at radius 3 is 2.48 bits per heavy atom. The zero-order valence-electron chi connectivity index (χ0n) is 13.0. The molecule has 11 heteroatoms. The number of aromatic amines is 1. The fourth-order valence-electron chi connectivity index (χ4n) is 1.76. The van der Waals surface area contributed by atoms with E-state index in [1.165, 1.54) is 0 Å². The maximum absolute atomic E-state index is 12.3. The number of thioether (sulfide) groups is 1. The number of hydrogen-bond donors (Lipinski definition) is 3. The second-order valence-electron chi connectivity index (χ2n) is 4.96. The lowest BCUT2D eigenvalue weighted by molar-refractivity contribution is -0.144. The molecule has 2 aromatic rings. The Hall–Kier alpha value is -2.56. The van der Waals surface area contributed by atoms with Crippen LogP contribution >= 0.6 is 11.8 Å². The van der Waals surface area contributed by atoms with Crippen LogP contribution in [0.2, 0.25) is 0 Å². The molecule has 0 radical (unpaired) electrons. The summed E-state index contributed by atoms with van der Waals surface area (Å²) in [6, 6.07) is 7.24. The summed E-state index contributed by atoms with van der Waals surface area (Å²) in [5.74, 6) is -2.78. The van der Waals surface area contributed by atoms with Gasteiger partial charge in [0.25, 0.3) is 0 Å². The van der Waals surface area contributed by atoms with E-state index in [-0.39, 0.29) is 17.4 Å². The van der Waals surface area contributed by atoms with Gasteiger partial charge in [0.05, 0.1) is 11.5 Å². The molecule has 0 saturated carbocycles. The standard InChI is InChI=1S/C14H14F3N5O2S/c1-8-3-2-4-9(5-8)18-10(23)6-25-7-11(24)19-13-20-12(21-22-13)14(15,16)17/h2-5H,6-7H2,1H3,(H,18,23)(H2,19,20,21,22,24). The molecule has 1 aromatic heterocycles. The van der Waals surface area contributed by atoms with E-state index in [1.807, 2.05) is 13.0 Å². The molecule has 0 unspecified atom stereocenters. The number of aromatic nitrogens is 3. The van der Waals surface area contributed by atoms with Crippen molar-refractivity contribution in [1.29, 1.82) is 0 Å². The zero-order chi connectivity index (χ0) is 18.4. The smallest absolute Gasteiger partial charge is 0.325 e. The highest BCUT2D eigenvalue weighted by Crippen LogP contribution is 2.26. The summed E-state index contributed by atoms with van der Waals surface area (Å²) in [6.07, 6.45) is -4.67. The van der Waals surface area contributed by atoms with Crippen LogP contribution in [0.5, 0.6) is 0 Å². The lowest BCUT2D eigenvalue weighted by Crippen LogP contribution is -2.19. The van der Waals surface area contributed by atoms with Gasteiger partial charge in [0.15, 0.2) is 0 Å². The van der Waals surface area contributed by atoms with Crippen LogP contribution in [-0.4, -0.2) is 38.5 Å². The topological polar surface area (TPSA) is 99.8 Å². The molecule has 0 spiro atoms. The number of carbonyl (C=O) groups excluding carboxylic acids is 2. The Morgan fingerprint density at radius 1 is 1.20 bits per heavy atom. The van der Waals surface area contributed by atoms with Gasteiger partial charge in [-0.15, -0.1) is 16.9 Å². The first kappa shape index (κ1) is 18.8. The molecule has 134 valence electrons. The molecule has 1 heterocycles. The predicted molar refractivity (Wildman–Crippen MR) is 87.1 cm³/mol. The van der Waals surface area contributed by atoms with Gasteiger partial charge in [-0.2, -0.15) is 18.2 Å². The summed E-state index contributed by atoms with van der Waals surface area (Å²) in [7, 11) is 0. The van der Waals surface area contributed by atoms with Crippen molar-refractivity contribution in [2.45, 2.75) is 13.1 Å². The quantitative estimate of drug-likeness (QED) is 0.722. The van der Waals surface area contributed by atoms with Crippen molar-refractivity contribution < 1.29 is 22.8 Å². The van der Waals surface area contributed by atoms with E-state index in [9.17, 15) is 22.8 Å². The average Bonchev–Trinajstić information content (AvgIpc) is 2.95. The molecule has 0 saturated heterocycles. The first-order valence-corrected chi connectivity index (χ1v) is 8.13. The van der Waals surface area contributed by atoms with Crippen LogP contribution in [0.25, 0.3) is 0 Å². The molecule has 1 aromatic carbocycles. The highest BCUT2D eigenvalue weighted by atomic mass is 32.2. The minimum absolute atomic E-state index is 0.0170. The van der Waals surface area contributed by atoms with E-state index in [0.717, 1.165) is 17.3 Å². The Labute approximate surface area is 144 Å². The molecule has 25 heavy (non-hydrogen) atoms. The number of aryl methyl sites for hydroxylation is 1. The lowest BCUT2D eigenvalue weighted by Gasteiger charge is -2.05. The van der Waals surface area contributed by atoms with Crippen molar-refractivity contribution in [3.05, 3.63) is 35.7 Å². The Morgan fingerprint density at radius 2 is 1.88 bits per heavy atom. The van der Waals surface area contributed by atoms with Crippen LogP contribution in [0.3, 0.4) is 0 Å². The van der Waals surface area contributed by atoms with E-state index in [2.05, 4.69) is 20.7 Å². The Balaban J connectivity index is 1.73. The van der Waals surface area contributed by atoms with Gasteiger partial charge in [-0.25, -0.2) is 0 Å². The fourth-order valence-corrected chi connectivity index (χ4v) is 2.38. The summed E-state index contributed by atoms with van der Waals surface area (Å²) in [5.41, 5.74) is 1.64. The maximum atomic E-state index is 12.3. The Bertz CT molecular complexity index is 763. The van der Waals surface area contributed by atoms with E-state index in [0.29, 0.717) is 5.69 Å². The van der Waals surface area contributed by atoms with Gasteiger partial charge in [0.1, 0.15) is 0 Å². The minimum atomic E-state index is -4.67. The van der Waals surface area contributed by atoms with Crippen molar-refractivity contribution in [1.82, 2.24) is 15.2 Å². The first-order valence-electron chi connectivity index (χ1n) is 6.98. The Kier molecular flexibility index (Phi) is 6.02. The summed E-state index contributed by atoms with van der Waals surface area (Å²) >= 11 is 1.01. The summed E-state index contributed by atoms with van der Waals surface area (Å²) < 4.78 is 37.0. The van der Waals surface area contributed by atoms with Crippen molar-refractivity contribution in [3.63, 3.8) is 0 Å². The largest absolute Gasteiger partial charge is 0.451 e. The molecule has 0 fully saturated rings. The van der Waals surface area contributed by atoms with Gasteiger partial charge < -0.3 is 5.32 Å². The lowest BCUT2D eigenvalue weighted by atomic mass is 10.2. The highest BCUT2D eigenvalue weighted by molar-refractivity contribution is 8.00. The minimum Gasteiger partial charge on any atom is -0.325 e. The molecular weight excluding hydrogens is 359 g/mol. The molecule has 7 nitrogen and oxygen atoms in total. The number of alkyl halides is 3. The molecule has 2 rings (SSSR count). The van der Waals surface area contributed by atoms with E-state index in [1.54, 1.807) is 23.3 Å². The van der Waals surface area contributed by atoms with Crippen LogP contribution in [0.4, 0.5) is 24.8 Å². The van der Waals surface area contributed by atoms with E-state index >= 15 is 0 Å². The van der Waals surface area contributed by atoms with Gasteiger partial charge in [-0.1, -0.05) is 12.1 Å². The zero-order valence-corrected chi connectivity index (χ0v) is 13.8. The number of hydrogen-bond acceptors (Lipinski definition) is 5. The number of H-pyrrole nitrogens is 1. The van der Waals surface area contributed by atoms with Crippen LogP contribution in [-0.2, 0) is 15.8 Å². The molecular formula is C14H14F3N5O2S. The monoisotopic (exact) mass is 373 g/mol. The molecule has 0 aliphatic rings. The average molecular weight is 373 g/mol. The van der Waals surface area contributed by atoms with Crippen LogP contribution < -0.4 is 10.6 Å². The first-order chi connectivity index (χ1) is 11.7. The third kappa shape index (κ3) is 6.10. The van der Waals surface area contributed by atoms with Gasteiger partial charge in [0, 0.05) is 5.69 Å². The number of nitrogens with one attached hydrogen (secondary N) is 3. The molecule has 0 aliphatic heterocycles. The second kappa shape index (κ2) is 8.01. The third-order valence-corrected chi connectivity index (χ3v) is 3.71. The SMILES string of the molecule is Cc1cccc(NC(=O)CSCC(=O)Nc2n[nH]c(C(F)(F)F)n2)c1. The molecule has 0 atom stereocenters. The van der Waals surface area contributed by atoms with Crippen molar-refractivity contribution >= 4 is 35.2 Å². The summed E-state index contributed by atoms with van der Waals surface area (Å²) in [5, 5.41) is 9.74. The van der Waals surface area contributed by atoms with Crippen LogP contribution in [0, 0.1) is 6.92 Å². The summed E-state index contributed by atoms with van der Waals surface area (Å²) in [4.78, 5) is 26.5. The number of nitrogens with zero attached hydrogens (tertiary/aromatic N) is 2. The van der Waals surface area contributed by atoms with Crippen molar-refractivity contribution in [2.75, 3.05) is 22.1 Å². The number of anilines is 2. The molecule has 0 aliphatic carbocycles. The van der Waals surface area contributed by atoms with Gasteiger partial charge in [0.2, 0.25) is 23.6 Å². The number of rotatable bonds is 6. The molecule has 2 amide bonds. The van der Waals surface area contributed by atoms with Crippen molar-refractivity contribution in [3.8, 4) is 0 Å². The number of halogens is 3. The normalized spacial score (nSPS) is 11.2. The third-order valence-electron chi connectivity index (χ3n) is 2.77. The van der Waals surface area contributed by atoms with Crippen molar-refractivity contribution in [2.24, 2.45) is 0 Å².